The Morgan fingerprint density at radius 1 is 1.53 bits per heavy atom. The van der Waals surface area contributed by atoms with Crippen LogP contribution in [0.15, 0.2) is 17.1 Å². The van der Waals surface area contributed by atoms with Crippen LogP contribution >= 0.6 is 7.60 Å². The predicted octanol–water partition coefficient (Wildman–Crippen LogP) is -1.02. The highest BCUT2D eigenvalue weighted by atomic mass is 31.2. The Hall–Kier alpha value is -1.25. The molecule has 1 heterocycles. The first-order chi connectivity index (χ1) is 8.80. The van der Waals surface area contributed by atoms with Crippen LogP contribution in [-0.4, -0.2) is 44.5 Å². The number of hydrogen-bond donors (Lipinski definition) is 4. The fraction of sp³-hybridized carbons (Fsp3) is 0.556. The molecule has 1 aromatic rings. The van der Waals surface area contributed by atoms with Crippen molar-refractivity contribution in [1.82, 2.24) is 9.55 Å². The number of aliphatic hydroxyl groups excluding tert-OH is 1. The van der Waals surface area contributed by atoms with Gasteiger partial charge in [-0.2, -0.15) is 4.98 Å². The molecule has 0 amide bonds. The maximum atomic E-state index is 11.0. The molecular formula is C9H18N3O6P. The minimum Gasteiger partial charge on any atom is -0.396 e. The van der Waals surface area contributed by atoms with Crippen molar-refractivity contribution >= 4 is 13.4 Å². The summed E-state index contributed by atoms with van der Waals surface area (Å²) in [5.41, 5.74) is 4.91. The van der Waals surface area contributed by atoms with E-state index in [1.807, 2.05) is 0 Å². The summed E-state index contributed by atoms with van der Waals surface area (Å²) < 4.78 is 15.4. The predicted molar refractivity (Wildman–Crippen MR) is 68.5 cm³/mol. The maximum Gasteiger partial charge on any atom is 0.350 e. The summed E-state index contributed by atoms with van der Waals surface area (Å²) in [6.45, 7) is 0.541. The number of methoxy groups -OCH3 is 1. The number of nitrogens with zero attached hydrogens (tertiary/aromatic N) is 2. The summed E-state index contributed by atoms with van der Waals surface area (Å²) in [5.74, 6) is 0.222. The Kier molecular flexibility index (Phi) is 8.21. The molecule has 1 aromatic heterocycles. The number of rotatable bonds is 5. The molecule has 9 nitrogen and oxygen atoms in total. The van der Waals surface area contributed by atoms with Crippen molar-refractivity contribution in [3.63, 3.8) is 0 Å². The molecule has 0 atom stereocenters. The largest absolute Gasteiger partial charge is 0.396 e. The third-order valence-corrected chi connectivity index (χ3v) is 2.34. The molecule has 0 radical (unpaired) electrons. The first-order valence-corrected chi connectivity index (χ1v) is 7.07. The van der Waals surface area contributed by atoms with Crippen molar-refractivity contribution in [3.8, 4) is 0 Å². The first-order valence-electron chi connectivity index (χ1n) is 5.27. The van der Waals surface area contributed by atoms with Crippen LogP contribution in [0.3, 0.4) is 0 Å². The zero-order valence-corrected chi connectivity index (χ0v) is 11.4. The minimum absolute atomic E-state index is 0.0663. The summed E-state index contributed by atoms with van der Waals surface area (Å²) in [6, 6.07) is 1.55. The fourth-order valence-electron chi connectivity index (χ4n) is 1.02. The average molecular weight is 295 g/mol. The van der Waals surface area contributed by atoms with Gasteiger partial charge in [-0.25, -0.2) is 4.79 Å². The van der Waals surface area contributed by atoms with E-state index in [-0.39, 0.29) is 18.1 Å². The van der Waals surface area contributed by atoms with E-state index in [1.165, 1.54) is 11.7 Å². The van der Waals surface area contributed by atoms with Crippen LogP contribution in [0, 0.1) is 0 Å². The SMILES string of the molecule is COCP(=O)(O)O.Nc1ccn(CCCO)c(=O)n1. The molecule has 0 fully saturated rings. The topological polar surface area (TPSA) is 148 Å². The second-order valence-corrected chi connectivity index (χ2v) is 5.08. The van der Waals surface area contributed by atoms with Crippen LogP contribution in [0.2, 0.25) is 0 Å². The number of nitrogen functional groups attached to an aromatic ring is 1. The number of nitrogens with two attached hydrogens (primary N) is 1. The van der Waals surface area contributed by atoms with Crippen molar-refractivity contribution in [2.24, 2.45) is 0 Å². The van der Waals surface area contributed by atoms with Gasteiger partial charge in [0.2, 0.25) is 0 Å². The quantitative estimate of drug-likeness (QED) is 0.504. The van der Waals surface area contributed by atoms with Crippen molar-refractivity contribution in [1.29, 1.82) is 0 Å². The average Bonchev–Trinajstić information content (AvgIpc) is 2.27. The molecule has 0 aliphatic heterocycles. The highest BCUT2D eigenvalue weighted by molar-refractivity contribution is 7.51. The molecule has 110 valence electrons. The van der Waals surface area contributed by atoms with Crippen molar-refractivity contribution in [2.75, 3.05) is 25.8 Å². The summed E-state index contributed by atoms with van der Waals surface area (Å²) in [5, 5.41) is 8.51. The van der Waals surface area contributed by atoms with Gasteiger partial charge in [-0.1, -0.05) is 0 Å². The first kappa shape index (κ1) is 17.8. The zero-order valence-electron chi connectivity index (χ0n) is 10.5. The molecule has 0 saturated heterocycles. The molecule has 1 rings (SSSR count). The molecule has 0 saturated carbocycles. The molecular weight excluding hydrogens is 277 g/mol. The Morgan fingerprint density at radius 2 is 2.16 bits per heavy atom. The van der Waals surface area contributed by atoms with E-state index in [1.54, 1.807) is 12.3 Å². The lowest BCUT2D eigenvalue weighted by Crippen LogP contribution is -2.23. The van der Waals surface area contributed by atoms with Gasteiger partial charge in [-0.15, -0.1) is 0 Å². The van der Waals surface area contributed by atoms with Gasteiger partial charge in [0.15, 0.2) is 0 Å². The van der Waals surface area contributed by atoms with Crippen molar-refractivity contribution in [2.45, 2.75) is 13.0 Å². The molecule has 0 bridgehead atoms. The van der Waals surface area contributed by atoms with Gasteiger partial charge < -0.3 is 25.4 Å². The van der Waals surface area contributed by atoms with E-state index in [4.69, 9.17) is 20.6 Å². The van der Waals surface area contributed by atoms with Crippen LogP contribution in [0.25, 0.3) is 0 Å². The summed E-state index contributed by atoms with van der Waals surface area (Å²) in [7, 11) is -2.65. The monoisotopic (exact) mass is 295 g/mol. The van der Waals surface area contributed by atoms with E-state index < -0.39 is 13.9 Å². The highest BCUT2D eigenvalue weighted by Gasteiger charge is 2.09. The van der Waals surface area contributed by atoms with E-state index >= 15 is 0 Å². The van der Waals surface area contributed by atoms with Crippen molar-refractivity contribution < 1.29 is 24.2 Å². The summed E-state index contributed by atoms with van der Waals surface area (Å²) in [6.07, 6.45) is 1.62. The molecule has 5 N–H and O–H groups in total. The Balaban J connectivity index is 0.000000399. The highest BCUT2D eigenvalue weighted by Crippen LogP contribution is 2.33. The molecule has 0 spiro atoms. The van der Waals surface area contributed by atoms with Gasteiger partial charge in [0.25, 0.3) is 0 Å². The summed E-state index contributed by atoms with van der Waals surface area (Å²) in [4.78, 5) is 30.6. The maximum absolute atomic E-state index is 11.0. The molecule has 0 aromatic carbocycles. The Morgan fingerprint density at radius 3 is 2.53 bits per heavy atom. The lowest BCUT2D eigenvalue weighted by Gasteiger charge is -2.01. The van der Waals surface area contributed by atoms with Gasteiger partial charge in [-0.3, -0.25) is 9.13 Å². The van der Waals surface area contributed by atoms with Crippen LogP contribution in [0.4, 0.5) is 5.82 Å². The normalized spacial score (nSPS) is 10.7. The zero-order chi connectivity index (χ0) is 14.9. The van der Waals surface area contributed by atoms with E-state index in [9.17, 15) is 9.36 Å². The van der Waals surface area contributed by atoms with Crippen LogP contribution < -0.4 is 11.4 Å². The van der Waals surface area contributed by atoms with E-state index in [0.717, 1.165) is 0 Å². The number of hydrogen-bond acceptors (Lipinski definition) is 6. The third-order valence-electron chi connectivity index (χ3n) is 1.75. The molecule has 0 unspecified atom stereocenters. The van der Waals surface area contributed by atoms with E-state index in [0.29, 0.717) is 13.0 Å². The number of aliphatic hydroxyl groups is 1. The second kappa shape index (κ2) is 8.78. The van der Waals surface area contributed by atoms with Gasteiger partial charge >= 0.3 is 13.3 Å². The molecule has 19 heavy (non-hydrogen) atoms. The third kappa shape index (κ3) is 9.34. The number of aryl methyl sites for hydroxylation is 1. The Labute approximate surface area is 109 Å². The fourth-order valence-corrected chi connectivity index (χ4v) is 1.36. The van der Waals surface area contributed by atoms with Crippen LogP contribution in [-0.2, 0) is 15.8 Å². The number of aromatic nitrogens is 2. The standard InChI is InChI=1S/C7H11N3O2.C2H7O4P/c8-6-2-4-10(3-1-5-11)7(12)9-6;1-6-2-7(3,4)5/h2,4,11H,1,3,5H2,(H2,8,9,12);2H2,1H3,(H2,3,4,5). The van der Waals surface area contributed by atoms with Crippen LogP contribution in [0.5, 0.6) is 0 Å². The molecule has 0 aliphatic carbocycles. The van der Waals surface area contributed by atoms with Gasteiger partial charge in [0.05, 0.1) is 0 Å². The van der Waals surface area contributed by atoms with Gasteiger partial charge in [0.1, 0.15) is 12.2 Å². The Bertz CT molecular complexity index is 471. The van der Waals surface area contributed by atoms with E-state index in [2.05, 4.69) is 9.72 Å². The van der Waals surface area contributed by atoms with Crippen LogP contribution in [0.1, 0.15) is 6.42 Å². The molecule has 10 heteroatoms. The summed E-state index contributed by atoms with van der Waals surface area (Å²) >= 11 is 0. The number of ether oxygens (including phenoxy) is 1. The van der Waals surface area contributed by atoms with Gasteiger partial charge in [-0.05, 0) is 12.5 Å². The number of anilines is 1. The van der Waals surface area contributed by atoms with Gasteiger partial charge in [0, 0.05) is 26.5 Å². The lowest BCUT2D eigenvalue weighted by molar-refractivity contribution is 0.217. The second-order valence-electron chi connectivity index (χ2n) is 3.49. The minimum atomic E-state index is -3.89. The smallest absolute Gasteiger partial charge is 0.350 e. The lowest BCUT2D eigenvalue weighted by atomic mass is 10.4. The van der Waals surface area contributed by atoms with Crippen molar-refractivity contribution in [3.05, 3.63) is 22.7 Å². The molecule has 0 aliphatic rings.